The first-order valence-electron chi connectivity index (χ1n) is 8.27. The molecule has 0 unspecified atom stereocenters. The Hall–Kier alpha value is -2.08. The molecule has 1 aliphatic rings. The van der Waals surface area contributed by atoms with E-state index in [9.17, 15) is 4.79 Å². The lowest BCUT2D eigenvalue weighted by molar-refractivity contribution is -0.119. The molecule has 0 bridgehead atoms. The monoisotopic (exact) mass is 348 g/mol. The van der Waals surface area contributed by atoms with Crippen LogP contribution in [0.5, 0.6) is 5.75 Å². The predicted molar refractivity (Wildman–Crippen MR) is 90.8 cm³/mol. The van der Waals surface area contributed by atoms with E-state index in [0.717, 1.165) is 31.6 Å². The maximum absolute atomic E-state index is 11.5. The van der Waals surface area contributed by atoms with Crippen LogP contribution in [0.15, 0.2) is 24.3 Å². The standard InChI is InChI=1S/C17H21ClN4O2/c1-2-3-9-22-17(14-7-8-16(23)19-14)20-15(21-22)11-24-13-6-4-5-12(18)10-13/h4-6,10,14H,2-3,7-9,11H2,1H3,(H,19,23)/t14-/m0/s1. The molecule has 24 heavy (non-hydrogen) atoms. The number of unbranched alkanes of at least 4 members (excludes halogenated alkanes) is 1. The Morgan fingerprint density at radius 3 is 3.04 bits per heavy atom. The molecule has 1 aromatic heterocycles. The lowest BCUT2D eigenvalue weighted by Crippen LogP contribution is -2.22. The van der Waals surface area contributed by atoms with E-state index in [1.165, 1.54) is 0 Å². The molecule has 0 spiro atoms. The minimum absolute atomic E-state index is 0.0539. The van der Waals surface area contributed by atoms with E-state index in [1.807, 2.05) is 16.8 Å². The molecule has 1 aliphatic heterocycles. The summed E-state index contributed by atoms with van der Waals surface area (Å²) in [6.07, 6.45) is 3.40. The van der Waals surface area contributed by atoms with Crippen molar-refractivity contribution in [1.82, 2.24) is 20.1 Å². The highest BCUT2D eigenvalue weighted by atomic mass is 35.5. The average Bonchev–Trinajstić information content (AvgIpc) is 3.17. The number of aromatic nitrogens is 3. The SMILES string of the molecule is CCCCn1nc(COc2cccc(Cl)c2)nc1[C@@H]1CCC(=O)N1. The Bertz CT molecular complexity index is 716. The first-order chi connectivity index (χ1) is 11.7. The van der Waals surface area contributed by atoms with Crippen LogP contribution in [-0.2, 0) is 17.9 Å². The van der Waals surface area contributed by atoms with Gasteiger partial charge in [-0.2, -0.15) is 5.10 Å². The molecular weight excluding hydrogens is 328 g/mol. The van der Waals surface area contributed by atoms with Crippen LogP contribution in [0.1, 0.15) is 50.3 Å². The normalized spacial score (nSPS) is 17.1. The van der Waals surface area contributed by atoms with Gasteiger partial charge in [0.05, 0.1) is 6.04 Å². The summed E-state index contributed by atoms with van der Waals surface area (Å²) in [7, 11) is 0. The Morgan fingerprint density at radius 2 is 2.33 bits per heavy atom. The fraction of sp³-hybridized carbons (Fsp3) is 0.471. The summed E-state index contributed by atoms with van der Waals surface area (Å²) >= 11 is 5.96. The van der Waals surface area contributed by atoms with Gasteiger partial charge < -0.3 is 10.1 Å². The van der Waals surface area contributed by atoms with Crippen molar-refractivity contribution < 1.29 is 9.53 Å². The molecule has 1 fully saturated rings. The van der Waals surface area contributed by atoms with Crippen LogP contribution in [0.4, 0.5) is 0 Å². The number of hydrogen-bond donors (Lipinski definition) is 1. The fourth-order valence-electron chi connectivity index (χ4n) is 2.71. The highest BCUT2D eigenvalue weighted by Crippen LogP contribution is 2.23. The topological polar surface area (TPSA) is 69.0 Å². The van der Waals surface area contributed by atoms with Gasteiger partial charge in [-0.3, -0.25) is 4.79 Å². The molecular formula is C17H21ClN4O2. The summed E-state index contributed by atoms with van der Waals surface area (Å²) < 4.78 is 7.62. The van der Waals surface area contributed by atoms with Gasteiger partial charge in [0, 0.05) is 18.0 Å². The van der Waals surface area contributed by atoms with Gasteiger partial charge in [-0.05, 0) is 31.0 Å². The second-order valence-electron chi connectivity index (χ2n) is 5.87. The summed E-state index contributed by atoms with van der Waals surface area (Å²) in [5.74, 6) is 2.19. The van der Waals surface area contributed by atoms with Gasteiger partial charge in [0.2, 0.25) is 5.91 Å². The van der Waals surface area contributed by atoms with Crippen molar-refractivity contribution in [3.05, 3.63) is 40.9 Å². The Labute approximate surface area is 146 Å². The molecule has 0 radical (unpaired) electrons. The van der Waals surface area contributed by atoms with Gasteiger partial charge in [0.1, 0.15) is 18.2 Å². The Kier molecular flexibility index (Phi) is 5.35. The number of carbonyl (C=O) groups excluding carboxylic acids is 1. The zero-order valence-electron chi connectivity index (χ0n) is 13.7. The number of halogens is 1. The van der Waals surface area contributed by atoms with Gasteiger partial charge >= 0.3 is 0 Å². The Balaban J connectivity index is 1.73. The number of nitrogens with one attached hydrogen (secondary N) is 1. The van der Waals surface area contributed by atoms with Crippen LogP contribution in [0.3, 0.4) is 0 Å². The molecule has 0 saturated carbocycles. The number of benzene rings is 1. The molecule has 6 nitrogen and oxygen atoms in total. The third-order valence-corrected chi connectivity index (χ3v) is 4.17. The quantitative estimate of drug-likeness (QED) is 0.833. The van der Waals surface area contributed by atoms with Crippen LogP contribution in [-0.4, -0.2) is 20.7 Å². The van der Waals surface area contributed by atoms with Crippen LogP contribution in [0, 0.1) is 0 Å². The molecule has 1 atom stereocenters. The van der Waals surface area contributed by atoms with Crippen molar-refractivity contribution in [3.63, 3.8) is 0 Å². The number of aryl methyl sites for hydroxylation is 1. The maximum atomic E-state index is 11.5. The van der Waals surface area contributed by atoms with Gasteiger partial charge in [-0.25, -0.2) is 9.67 Å². The van der Waals surface area contributed by atoms with Crippen LogP contribution < -0.4 is 10.1 Å². The third kappa shape index (κ3) is 4.06. The molecule has 1 aromatic carbocycles. The number of ether oxygens (including phenoxy) is 1. The maximum Gasteiger partial charge on any atom is 0.220 e. The van der Waals surface area contributed by atoms with Gasteiger partial charge in [0.15, 0.2) is 5.82 Å². The average molecular weight is 349 g/mol. The van der Waals surface area contributed by atoms with E-state index in [2.05, 4.69) is 22.3 Å². The summed E-state index contributed by atoms with van der Waals surface area (Å²) in [6.45, 7) is 3.20. The molecule has 1 amide bonds. The lowest BCUT2D eigenvalue weighted by Gasteiger charge is -2.10. The van der Waals surface area contributed by atoms with E-state index in [-0.39, 0.29) is 18.6 Å². The summed E-state index contributed by atoms with van der Waals surface area (Å²) in [4.78, 5) is 16.1. The van der Waals surface area contributed by atoms with Crippen molar-refractivity contribution >= 4 is 17.5 Å². The second kappa shape index (κ2) is 7.66. The van der Waals surface area contributed by atoms with E-state index >= 15 is 0 Å². The molecule has 3 rings (SSSR count). The molecule has 2 heterocycles. The minimum atomic E-state index is -0.0539. The first kappa shape index (κ1) is 16.8. The van der Waals surface area contributed by atoms with Crippen molar-refractivity contribution in [1.29, 1.82) is 0 Å². The highest BCUT2D eigenvalue weighted by molar-refractivity contribution is 6.30. The number of rotatable bonds is 7. The van der Waals surface area contributed by atoms with Crippen LogP contribution in [0.25, 0.3) is 0 Å². The first-order valence-corrected chi connectivity index (χ1v) is 8.65. The number of amides is 1. The van der Waals surface area contributed by atoms with Crippen molar-refractivity contribution in [3.8, 4) is 5.75 Å². The minimum Gasteiger partial charge on any atom is -0.485 e. The zero-order valence-corrected chi connectivity index (χ0v) is 14.4. The summed E-state index contributed by atoms with van der Waals surface area (Å²) in [6, 6.07) is 7.19. The Morgan fingerprint density at radius 1 is 1.46 bits per heavy atom. The van der Waals surface area contributed by atoms with E-state index in [1.54, 1.807) is 12.1 Å². The molecule has 0 aliphatic carbocycles. The van der Waals surface area contributed by atoms with Crippen LogP contribution in [0.2, 0.25) is 5.02 Å². The van der Waals surface area contributed by atoms with E-state index < -0.39 is 0 Å². The van der Waals surface area contributed by atoms with E-state index in [4.69, 9.17) is 16.3 Å². The number of carbonyl (C=O) groups is 1. The van der Waals surface area contributed by atoms with E-state index in [0.29, 0.717) is 23.0 Å². The van der Waals surface area contributed by atoms with Gasteiger partial charge in [0.25, 0.3) is 0 Å². The predicted octanol–water partition coefficient (Wildman–Crippen LogP) is 3.26. The number of nitrogens with zero attached hydrogens (tertiary/aromatic N) is 3. The smallest absolute Gasteiger partial charge is 0.220 e. The van der Waals surface area contributed by atoms with Gasteiger partial charge in [-0.15, -0.1) is 0 Å². The van der Waals surface area contributed by atoms with Gasteiger partial charge in [-0.1, -0.05) is 31.0 Å². The largest absolute Gasteiger partial charge is 0.485 e. The molecule has 128 valence electrons. The third-order valence-electron chi connectivity index (χ3n) is 3.94. The fourth-order valence-corrected chi connectivity index (χ4v) is 2.89. The van der Waals surface area contributed by atoms with Crippen molar-refractivity contribution in [2.45, 2.75) is 51.8 Å². The van der Waals surface area contributed by atoms with Crippen molar-refractivity contribution in [2.24, 2.45) is 0 Å². The lowest BCUT2D eigenvalue weighted by atomic mass is 10.2. The molecule has 2 aromatic rings. The van der Waals surface area contributed by atoms with Crippen LogP contribution >= 0.6 is 11.6 Å². The molecule has 7 heteroatoms. The van der Waals surface area contributed by atoms with Crippen molar-refractivity contribution in [2.75, 3.05) is 0 Å². The molecule has 1 saturated heterocycles. The highest BCUT2D eigenvalue weighted by Gasteiger charge is 2.27. The summed E-state index contributed by atoms with van der Waals surface area (Å²) in [5, 5.41) is 8.14. The molecule has 1 N–H and O–H groups in total. The zero-order chi connectivity index (χ0) is 16.9. The second-order valence-corrected chi connectivity index (χ2v) is 6.30. The number of hydrogen-bond acceptors (Lipinski definition) is 4. The summed E-state index contributed by atoms with van der Waals surface area (Å²) in [5.41, 5.74) is 0.